The van der Waals surface area contributed by atoms with Crippen molar-refractivity contribution in [1.82, 2.24) is 9.47 Å². The Morgan fingerprint density at radius 1 is 1.37 bits per heavy atom. The van der Waals surface area contributed by atoms with Crippen molar-refractivity contribution in [2.45, 2.75) is 12.6 Å². The smallest absolute Gasteiger partial charge is 0.0824 e. The summed E-state index contributed by atoms with van der Waals surface area (Å²) in [4.78, 5) is 2.43. The number of aryl methyl sites for hydroxylation is 1. The Morgan fingerprint density at radius 3 is 3.05 bits per heavy atom. The fourth-order valence-corrected chi connectivity index (χ4v) is 2.86. The molecule has 0 saturated carbocycles. The molecular weight excluding hydrogens is 238 g/mol. The lowest BCUT2D eigenvalue weighted by Crippen LogP contribution is -2.45. The molecule has 102 valence electrons. The first kappa shape index (κ1) is 12.7. The first-order chi connectivity index (χ1) is 9.28. The van der Waals surface area contributed by atoms with Crippen LogP contribution in [0.15, 0.2) is 30.5 Å². The monoisotopic (exact) mass is 259 g/mol. The molecule has 2 aromatic rings. The zero-order valence-electron chi connectivity index (χ0n) is 11.4. The van der Waals surface area contributed by atoms with Crippen LogP contribution in [-0.2, 0) is 18.3 Å². The molecule has 0 spiro atoms. The van der Waals surface area contributed by atoms with Gasteiger partial charge in [-0.2, -0.15) is 0 Å². The van der Waals surface area contributed by atoms with E-state index in [1.165, 1.54) is 16.5 Å². The zero-order valence-corrected chi connectivity index (χ0v) is 11.4. The third-order valence-electron chi connectivity index (χ3n) is 3.86. The van der Waals surface area contributed by atoms with Gasteiger partial charge in [-0.1, -0.05) is 18.2 Å². The van der Waals surface area contributed by atoms with Crippen molar-refractivity contribution >= 4 is 10.9 Å². The Labute approximate surface area is 113 Å². The van der Waals surface area contributed by atoms with Crippen molar-refractivity contribution < 1.29 is 4.74 Å². The Hall–Kier alpha value is -1.36. The number of benzene rings is 1. The molecule has 1 atom stereocenters. The van der Waals surface area contributed by atoms with E-state index in [2.05, 4.69) is 47.0 Å². The minimum Gasteiger partial charge on any atom is -0.374 e. The van der Waals surface area contributed by atoms with Gasteiger partial charge in [0.05, 0.1) is 12.7 Å². The van der Waals surface area contributed by atoms with Gasteiger partial charge in [0, 0.05) is 50.3 Å². The summed E-state index contributed by atoms with van der Waals surface area (Å²) in [6.45, 7) is 4.28. The summed E-state index contributed by atoms with van der Waals surface area (Å²) in [5.74, 6) is 0. The molecule has 0 aliphatic carbocycles. The Morgan fingerprint density at radius 2 is 2.21 bits per heavy atom. The van der Waals surface area contributed by atoms with Crippen molar-refractivity contribution in [2.75, 3.05) is 26.2 Å². The normalized spacial score (nSPS) is 21.1. The second kappa shape index (κ2) is 5.33. The summed E-state index contributed by atoms with van der Waals surface area (Å²) in [7, 11) is 2.10. The van der Waals surface area contributed by atoms with Crippen molar-refractivity contribution in [3.05, 3.63) is 36.0 Å². The quantitative estimate of drug-likeness (QED) is 0.904. The SMILES string of the molecule is Cn1cc(CN2CCOC(CN)C2)c2ccccc21. The molecule has 1 aromatic heterocycles. The van der Waals surface area contributed by atoms with Crippen molar-refractivity contribution in [1.29, 1.82) is 0 Å². The van der Waals surface area contributed by atoms with Crippen molar-refractivity contribution in [3.63, 3.8) is 0 Å². The molecular formula is C15H21N3O. The average Bonchev–Trinajstić information content (AvgIpc) is 2.76. The summed E-state index contributed by atoms with van der Waals surface area (Å²) in [5.41, 5.74) is 8.38. The molecule has 1 aliphatic heterocycles. The van der Waals surface area contributed by atoms with Crippen LogP contribution in [0.4, 0.5) is 0 Å². The minimum atomic E-state index is 0.184. The van der Waals surface area contributed by atoms with Gasteiger partial charge in [0.25, 0.3) is 0 Å². The van der Waals surface area contributed by atoms with Gasteiger partial charge in [0.15, 0.2) is 0 Å². The number of nitrogens with zero attached hydrogens (tertiary/aromatic N) is 2. The number of fused-ring (bicyclic) bond motifs is 1. The predicted molar refractivity (Wildman–Crippen MR) is 77.0 cm³/mol. The van der Waals surface area contributed by atoms with Crippen LogP contribution in [-0.4, -0.2) is 41.8 Å². The number of hydrogen-bond donors (Lipinski definition) is 1. The van der Waals surface area contributed by atoms with Crippen LogP contribution in [0.25, 0.3) is 10.9 Å². The zero-order chi connectivity index (χ0) is 13.2. The number of ether oxygens (including phenoxy) is 1. The first-order valence-corrected chi connectivity index (χ1v) is 6.85. The van der Waals surface area contributed by atoms with E-state index in [0.717, 1.165) is 26.2 Å². The van der Waals surface area contributed by atoms with Gasteiger partial charge in [0.2, 0.25) is 0 Å². The lowest BCUT2D eigenvalue weighted by Gasteiger charge is -2.32. The lowest BCUT2D eigenvalue weighted by molar-refractivity contribution is -0.0259. The second-order valence-electron chi connectivity index (χ2n) is 5.25. The molecule has 1 unspecified atom stereocenters. The van der Waals surface area contributed by atoms with E-state index in [1.54, 1.807) is 0 Å². The highest BCUT2D eigenvalue weighted by Crippen LogP contribution is 2.22. The van der Waals surface area contributed by atoms with E-state index in [4.69, 9.17) is 10.5 Å². The summed E-state index contributed by atoms with van der Waals surface area (Å²) in [5, 5.41) is 1.35. The van der Waals surface area contributed by atoms with Gasteiger partial charge in [-0.25, -0.2) is 0 Å². The highest BCUT2D eigenvalue weighted by Gasteiger charge is 2.20. The molecule has 0 radical (unpaired) electrons. The highest BCUT2D eigenvalue weighted by atomic mass is 16.5. The number of aromatic nitrogens is 1. The molecule has 0 amide bonds. The van der Waals surface area contributed by atoms with Crippen LogP contribution in [0.2, 0.25) is 0 Å². The molecule has 3 rings (SSSR count). The largest absolute Gasteiger partial charge is 0.374 e. The molecule has 4 nitrogen and oxygen atoms in total. The maximum absolute atomic E-state index is 5.70. The highest BCUT2D eigenvalue weighted by molar-refractivity contribution is 5.83. The van der Waals surface area contributed by atoms with Gasteiger partial charge in [-0.3, -0.25) is 4.90 Å². The van der Waals surface area contributed by atoms with E-state index in [0.29, 0.717) is 6.54 Å². The molecule has 2 heterocycles. The van der Waals surface area contributed by atoms with Crippen LogP contribution in [0.3, 0.4) is 0 Å². The van der Waals surface area contributed by atoms with Gasteiger partial charge >= 0.3 is 0 Å². The Balaban J connectivity index is 1.81. The third kappa shape index (κ3) is 2.52. The third-order valence-corrected chi connectivity index (χ3v) is 3.86. The topological polar surface area (TPSA) is 43.4 Å². The van der Waals surface area contributed by atoms with E-state index in [9.17, 15) is 0 Å². The Kier molecular flexibility index (Phi) is 3.55. The maximum Gasteiger partial charge on any atom is 0.0824 e. The fourth-order valence-electron chi connectivity index (χ4n) is 2.86. The summed E-state index contributed by atoms with van der Waals surface area (Å²) >= 11 is 0. The number of rotatable bonds is 3. The van der Waals surface area contributed by atoms with Crippen molar-refractivity contribution in [2.24, 2.45) is 12.8 Å². The average molecular weight is 259 g/mol. The Bertz CT molecular complexity index is 564. The number of nitrogens with two attached hydrogens (primary N) is 1. The predicted octanol–water partition coefficient (Wildman–Crippen LogP) is 1.34. The van der Waals surface area contributed by atoms with Gasteiger partial charge in [-0.15, -0.1) is 0 Å². The van der Waals surface area contributed by atoms with E-state index in [1.807, 2.05) is 0 Å². The van der Waals surface area contributed by atoms with Gasteiger partial charge in [0.1, 0.15) is 0 Å². The molecule has 1 aromatic carbocycles. The van der Waals surface area contributed by atoms with E-state index < -0.39 is 0 Å². The molecule has 1 fully saturated rings. The summed E-state index contributed by atoms with van der Waals surface area (Å²) in [6, 6.07) is 8.56. The van der Waals surface area contributed by atoms with Gasteiger partial charge in [-0.05, 0) is 11.6 Å². The minimum absolute atomic E-state index is 0.184. The van der Waals surface area contributed by atoms with E-state index >= 15 is 0 Å². The van der Waals surface area contributed by atoms with Crippen LogP contribution < -0.4 is 5.73 Å². The molecule has 2 N–H and O–H groups in total. The maximum atomic E-state index is 5.70. The summed E-state index contributed by atoms with van der Waals surface area (Å²) < 4.78 is 7.82. The van der Waals surface area contributed by atoms with Crippen LogP contribution in [0.5, 0.6) is 0 Å². The number of morpholine rings is 1. The molecule has 4 heteroatoms. The van der Waals surface area contributed by atoms with Gasteiger partial charge < -0.3 is 15.0 Å². The standard InChI is InChI=1S/C15H21N3O/c1-17-9-12(14-4-2-3-5-15(14)17)10-18-6-7-19-13(8-16)11-18/h2-5,9,13H,6-8,10-11,16H2,1H3. The molecule has 19 heavy (non-hydrogen) atoms. The summed E-state index contributed by atoms with van der Waals surface area (Å²) in [6.07, 6.45) is 2.42. The number of para-hydroxylation sites is 1. The fraction of sp³-hybridized carbons (Fsp3) is 0.467. The van der Waals surface area contributed by atoms with Crippen LogP contribution >= 0.6 is 0 Å². The number of hydrogen-bond acceptors (Lipinski definition) is 3. The molecule has 1 aliphatic rings. The first-order valence-electron chi connectivity index (χ1n) is 6.85. The second-order valence-corrected chi connectivity index (χ2v) is 5.25. The molecule has 1 saturated heterocycles. The van der Waals surface area contributed by atoms with Crippen LogP contribution in [0, 0.1) is 0 Å². The van der Waals surface area contributed by atoms with Crippen LogP contribution in [0.1, 0.15) is 5.56 Å². The lowest BCUT2D eigenvalue weighted by atomic mass is 10.1. The molecule has 0 bridgehead atoms. The van der Waals surface area contributed by atoms with E-state index in [-0.39, 0.29) is 6.10 Å². The van der Waals surface area contributed by atoms with Crippen molar-refractivity contribution in [3.8, 4) is 0 Å².